The molecule has 0 bridgehead atoms. The van der Waals surface area contributed by atoms with Gasteiger partial charge in [-0.1, -0.05) is 18.2 Å². The molecule has 3 aromatic rings. The van der Waals surface area contributed by atoms with E-state index in [1.807, 2.05) is 30.3 Å². The van der Waals surface area contributed by atoms with Gasteiger partial charge in [-0.05, 0) is 43.9 Å². The fourth-order valence-electron chi connectivity index (χ4n) is 3.27. The van der Waals surface area contributed by atoms with Gasteiger partial charge in [0.15, 0.2) is 5.65 Å². The van der Waals surface area contributed by atoms with Gasteiger partial charge in [-0.2, -0.15) is 0 Å². The molecular weight excluding hydrogens is 328 g/mol. The number of hydrogen-bond donors (Lipinski definition) is 1. The maximum absolute atomic E-state index is 12.5. The number of pyridine rings is 1. The van der Waals surface area contributed by atoms with E-state index in [0.717, 1.165) is 31.4 Å². The molecule has 4 rings (SSSR count). The molecule has 0 spiro atoms. The lowest BCUT2D eigenvalue weighted by Crippen LogP contribution is -2.39. The van der Waals surface area contributed by atoms with Crippen molar-refractivity contribution in [2.24, 2.45) is 0 Å². The molecule has 6 nitrogen and oxygen atoms in total. The molecule has 1 N–H and O–H groups in total. The fraction of sp³-hybridized carbons (Fsp3) is 0.300. The van der Waals surface area contributed by atoms with Crippen LogP contribution < -0.4 is 10.1 Å². The molecule has 1 amide bonds. The van der Waals surface area contributed by atoms with Crippen molar-refractivity contribution in [3.05, 3.63) is 60.6 Å². The molecular formula is C20H20N4O2. The molecule has 1 saturated carbocycles. The van der Waals surface area contributed by atoms with Crippen LogP contribution in [0.4, 0.5) is 0 Å². The SMILES string of the molecule is O=C(NC1CCC(Oc2ccccc2)CC1)c1cnc2nccnc2c1. The van der Waals surface area contributed by atoms with Gasteiger partial charge < -0.3 is 10.1 Å². The number of aromatic nitrogens is 3. The van der Waals surface area contributed by atoms with Crippen molar-refractivity contribution in [2.45, 2.75) is 37.8 Å². The number of hydrogen-bond acceptors (Lipinski definition) is 5. The summed E-state index contributed by atoms with van der Waals surface area (Å²) in [7, 11) is 0. The summed E-state index contributed by atoms with van der Waals surface area (Å²) >= 11 is 0. The van der Waals surface area contributed by atoms with Gasteiger partial charge in [-0.3, -0.25) is 9.78 Å². The first-order valence-electron chi connectivity index (χ1n) is 8.87. The zero-order valence-electron chi connectivity index (χ0n) is 14.3. The third-order valence-electron chi connectivity index (χ3n) is 4.64. The third-order valence-corrected chi connectivity index (χ3v) is 4.64. The van der Waals surface area contributed by atoms with Crippen LogP contribution in [0.2, 0.25) is 0 Å². The summed E-state index contributed by atoms with van der Waals surface area (Å²) in [5.74, 6) is 0.792. The Morgan fingerprint density at radius 2 is 1.77 bits per heavy atom. The number of nitrogens with zero attached hydrogens (tertiary/aromatic N) is 3. The Morgan fingerprint density at radius 3 is 2.58 bits per heavy atom. The van der Waals surface area contributed by atoms with Gasteiger partial charge in [0, 0.05) is 24.6 Å². The first-order chi connectivity index (χ1) is 12.8. The van der Waals surface area contributed by atoms with E-state index in [9.17, 15) is 4.79 Å². The topological polar surface area (TPSA) is 77.0 Å². The molecule has 6 heteroatoms. The minimum atomic E-state index is -0.113. The maximum atomic E-state index is 12.5. The van der Waals surface area contributed by atoms with Crippen molar-refractivity contribution in [3.63, 3.8) is 0 Å². The molecule has 1 aromatic carbocycles. The van der Waals surface area contributed by atoms with E-state index in [-0.39, 0.29) is 18.1 Å². The molecule has 2 heterocycles. The van der Waals surface area contributed by atoms with Crippen LogP contribution >= 0.6 is 0 Å². The number of nitrogens with one attached hydrogen (secondary N) is 1. The van der Waals surface area contributed by atoms with Gasteiger partial charge in [-0.15, -0.1) is 0 Å². The Kier molecular flexibility index (Phi) is 4.73. The summed E-state index contributed by atoms with van der Waals surface area (Å²) in [6.07, 6.45) is 8.63. The van der Waals surface area contributed by atoms with Crippen LogP contribution in [0.5, 0.6) is 5.75 Å². The van der Waals surface area contributed by atoms with Crippen molar-refractivity contribution in [1.82, 2.24) is 20.3 Å². The minimum Gasteiger partial charge on any atom is -0.490 e. The number of carbonyl (C=O) groups is 1. The minimum absolute atomic E-state index is 0.113. The Balaban J connectivity index is 1.32. The summed E-state index contributed by atoms with van der Waals surface area (Å²) in [5, 5.41) is 3.10. The molecule has 26 heavy (non-hydrogen) atoms. The van der Waals surface area contributed by atoms with E-state index >= 15 is 0 Å². The molecule has 1 aliphatic rings. The molecule has 0 aliphatic heterocycles. The van der Waals surface area contributed by atoms with Gasteiger partial charge in [0.05, 0.1) is 11.7 Å². The van der Waals surface area contributed by atoms with E-state index in [1.54, 1.807) is 24.7 Å². The van der Waals surface area contributed by atoms with Crippen LogP contribution in [0.1, 0.15) is 36.0 Å². The second-order valence-electron chi connectivity index (χ2n) is 6.50. The van der Waals surface area contributed by atoms with E-state index < -0.39 is 0 Å². The van der Waals surface area contributed by atoms with Crippen molar-refractivity contribution in [1.29, 1.82) is 0 Å². The maximum Gasteiger partial charge on any atom is 0.253 e. The highest BCUT2D eigenvalue weighted by Crippen LogP contribution is 2.24. The summed E-state index contributed by atoms with van der Waals surface area (Å²) in [6, 6.07) is 11.8. The number of carbonyl (C=O) groups excluding carboxylic acids is 1. The molecule has 0 radical (unpaired) electrons. The van der Waals surface area contributed by atoms with Crippen LogP contribution in [0.25, 0.3) is 11.2 Å². The third kappa shape index (κ3) is 3.79. The van der Waals surface area contributed by atoms with Crippen LogP contribution in [0, 0.1) is 0 Å². The highest BCUT2D eigenvalue weighted by atomic mass is 16.5. The molecule has 0 atom stereocenters. The zero-order valence-corrected chi connectivity index (χ0v) is 14.3. The molecule has 0 unspecified atom stereocenters. The molecule has 1 fully saturated rings. The van der Waals surface area contributed by atoms with Crippen molar-refractivity contribution >= 4 is 17.1 Å². The lowest BCUT2D eigenvalue weighted by atomic mass is 9.92. The van der Waals surface area contributed by atoms with Crippen LogP contribution in [0.15, 0.2) is 55.0 Å². The second-order valence-corrected chi connectivity index (χ2v) is 6.50. The Bertz CT molecular complexity index is 892. The number of fused-ring (bicyclic) bond motifs is 1. The standard InChI is InChI=1S/C20H20N4O2/c25-20(14-12-18-19(23-13-14)22-11-10-21-18)24-15-6-8-17(9-7-15)26-16-4-2-1-3-5-16/h1-5,10-13,15,17H,6-9H2,(H,24,25). The predicted octanol–water partition coefficient (Wildman–Crippen LogP) is 3.14. The first kappa shape index (κ1) is 16.4. The summed E-state index contributed by atoms with van der Waals surface area (Å²) in [5.41, 5.74) is 1.68. The monoisotopic (exact) mass is 348 g/mol. The highest BCUT2D eigenvalue weighted by molar-refractivity contribution is 5.96. The smallest absolute Gasteiger partial charge is 0.253 e. The van der Waals surface area contributed by atoms with Crippen molar-refractivity contribution in [3.8, 4) is 5.75 Å². The highest BCUT2D eigenvalue weighted by Gasteiger charge is 2.24. The van der Waals surface area contributed by atoms with Crippen LogP contribution in [-0.2, 0) is 0 Å². The van der Waals surface area contributed by atoms with Gasteiger partial charge in [0.25, 0.3) is 5.91 Å². The quantitative estimate of drug-likeness (QED) is 0.784. The van der Waals surface area contributed by atoms with E-state index in [4.69, 9.17) is 4.74 Å². The fourth-order valence-corrected chi connectivity index (χ4v) is 3.27. The van der Waals surface area contributed by atoms with Crippen LogP contribution in [0.3, 0.4) is 0 Å². The number of rotatable bonds is 4. The first-order valence-corrected chi connectivity index (χ1v) is 8.87. The number of amides is 1. The zero-order chi connectivity index (χ0) is 17.8. The van der Waals surface area contributed by atoms with Crippen molar-refractivity contribution in [2.75, 3.05) is 0 Å². The average molecular weight is 348 g/mol. The Hall–Kier alpha value is -3.02. The second kappa shape index (κ2) is 7.47. The van der Waals surface area contributed by atoms with E-state index in [2.05, 4.69) is 20.3 Å². The van der Waals surface area contributed by atoms with Gasteiger partial charge >= 0.3 is 0 Å². The average Bonchev–Trinajstić information content (AvgIpc) is 2.70. The number of ether oxygens (including phenoxy) is 1. The molecule has 0 saturated heterocycles. The molecule has 2 aromatic heterocycles. The molecule has 132 valence electrons. The lowest BCUT2D eigenvalue weighted by molar-refractivity contribution is 0.0893. The summed E-state index contributed by atoms with van der Waals surface area (Å²) in [4.78, 5) is 25.0. The van der Waals surface area contributed by atoms with Gasteiger partial charge in [0.1, 0.15) is 11.3 Å². The van der Waals surface area contributed by atoms with Gasteiger partial charge in [0.2, 0.25) is 0 Å². The largest absolute Gasteiger partial charge is 0.490 e. The molecule has 1 aliphatic carbocycles. The van der Waals surface area contributed by atoms with Crippen LogP contribution in [-0.4, -0.2) is 33.0 Å². The van der Waals surface area contributed by atoms with Gasteiger partial charge in [-0.25, -0.2) is 9.97 Å². The van der Waals surface area contributed by atoms with Crippen molar-refractivity contribution < 1.29 is 9.53 Å². The summed E-state index contributed by atoms with van der Waals surface area (Å²) < 4.78 is 6.00. The number of benzene rings is 1. The number of para-hydroxylation sites is 1. The lowest BCUT2D eigenvalue weighted by Gasteiger charge is -2.29. The Labute approximate surface area is 151 Å². The Morgan fingerprint density at radius 1 is 1.00 bits per heavy atom. The van der Waals surface area contributed by atoms with E-state index in [1.165, 1.54) is 0 Å². The predicted molar refractivity (Wildman–Crippen MR) is 97.9 cm³/mol. The van der Waals surface area contributed by atoms with E-state index in [0.29, 0.717) is 16.7 Å². The normalized spacial score (nSPS) is 19.8. The summed E-state index contributed by atoms with van der Waals surface area (Å²) in [6.45, 7) is 0.